The van der Waals surface area contributed by atoms with Crippen molar-refractivity contribution in [2.75, 3.05) is 16.6 Å². The van der Waals surface area contributed by atoms with E-state index < -0.39 is 10.0 Å². The zero-order chi connectivity index (χ0) is 22.6. The van der Waals surface area contributed by atoms with Crippen molar-refractivity contribution in [1.82, 2.24) is 4.98 Å². The maximum atomic E-state index is 12.5. The van der Waals surface area contributed by atoms with E-state index in [1.54, 1.807) is 24.3 Å². The van der Waals surface area contributed by atoms with E-state index in [0.717, 1.165) is 15.2 Å². The van der Waals surface area contributed by atoms with E-state index in [4.69, 9.17) is 4.74 Å². The third-order valence-corrected chi connectivity index (χ3v) is 6.73. The van der Waals surface area contributed by atoms with Gasteiger partial charge in [-0.2, -0.15) is 0 Å². The summed E-state index contributed by atoms with van der Waals surface area (Å²) < 4.78 is 33.7. The highest BCUT2D eigenvalue weighted by Crippen LogP contribution is 2.33. The first-order valence-corrected chi connectivity index (χ1v) is 11.8. The fourth-order valence-electron chi connectivity index (χ4n) is 3.00. The zero-order valence-corrected chi connectivity index (χ0v) is 19.1. The van der Waals surface area contributed by atoms with Gasteiger partial charge in [0.15, 0.2) is 6.61 Å². The highest BCUT2D eigenvalue weighted by atomic mass is 79.9. The smallest absolute Gasteiger partial charge is 0.263 e. The molecule has 7 nitrogen and oxygen atoms in total. The molecule has 1 aromatic heterocycles. The second-order valence-electron chi connectivity index (χ2n) is 6.78. The Bertz CT molecular complexity index is 1360. The lowest BCUT2D eigenvalue weighted by atomic mass is 10.1. The number of nitrogens with zero attached hydrogens (tertiary/aromatic N) is 1. The molecule has 162 valence electrons. The van der Waals surface area contributed by atoms with E-state index in [0.29, 0.717) is 11.4 Å². The van der Waals surface area contributed by atoms with Crippen LogP contribution in [0.4, 0.5) is 11.5 Å². The van der Waals surface area contributed by atoms with Crippen LogP contribution in [0, 0.1) is 0 Å². The first-order valence-electron chi connectivity index (χ1n) is 9.56. The average molecular weight is 512 g/mol. The lowest BCUT2D eigenvalue weighted by Gasteiger charge is -2.11. The number of fused-ring (bicyclic) bond motifs is 1. The van der Waals surface area contributed by atoms with Crippen molar-refractivity contribution in [2.45, 2.75) is 4.90 Å². The third-order valence-electron chi connectivity index (χ3n) is 4.54. The van der Waals surface area contributed by atoms with Gasteiger partial charge >= 0.3 is 0 Å². The van der Waals surface area contributed by atoms with E-state index in [1.165, 1.54) is 30.5 Å². The minimum atomic E-state index is -3.78. The second kappa shape index (κ2) is 9.37. The Balaban J connectivity index is 1.37. The summed E-state index contributed by atoms with van der Waals surface area (Å²) in [6.07, 6.45) is 1.50. The molecule has 0 fully saturated rings. The Labute approximate surface area is 193 Å². The Kier molecular flexibility index (Phi) is 6.38. The largest absolute Gasteiger partial charge is 0.483 e. The van der Waals surface area contributed by atoms with Gasteiger partial charge in [0.2, 0.25) is 0 Å². The number of ether oxygens (including phenoxy) is 1. The number of aromatic nitrogens is 1. The van der Waals surface area contributed by atoms with Gasteiger partial charge in [0, 0.05) is 11.9 Å². The number of sulfonamides is 1. The molecule has 0 unspecified atom stereocenters. The Morgan fingerprint density at radius 3 is 2.44 bits per heavy atom. The molecule has 32 heavy (non-hydrogen) atoms. The van der Waals surface area contributed by atoms with Crippen molar-refractivity contribution < 1.29 is 17.9 Å². The number of nitrogens with one attached hydrogen (secondary N) is 2. The fraction of sp³-hybridized carbons (Fsp3) is 0.0435. The van der Waals surface area contributed by atoms with Gasteiger partial charge in [-0.1, -0.05) is 36.4 Å². The number of anilines is 2. The van der Waals surface area contributed by atoms with E-state index in [1.807, 2.05) is 30.3 Å². The SMILES string of the molecule is O=C(COc1ccc2ccccc2c1Br)Nc1ccc(S(=O)(=O)Nc2ccccn2)cc1. The highest BCUT2D eigenvalue weighted by Gasteiger charge is 2.15. The van der Waals surface area contributed by atoms with Gasteiger partial charge in [-0.3, -0.25) is 9.52 Å². The molecular weight excluding hydrogens is 494 g/mol. The molecular formula is C23H18BrN3O4S. The molecule has 1 heterocycles. The molecule has 3 aromatic carbocycles. The van der Waals surface area contributed by atoms with Crippen molar-refractivity contribution in [2.24, 2.45) is 0 Å². The van der Waals surface area contributed by atoms with Gasteiger partial charge in [-0.25, -0.2) is 13.4 Å². The lowest BCUT2D eigenvalue weighted by molar-refractivity contribution is -0.118. The van der Waals surface area contributed by atoms with Crippen LogP contribution in [0.15, 0.2) is 94.4 Å². The summed E-state index contributed by atoms with van der Waals surface area (Å²) in [4.78, 5) is 16.3. The number of carbonyl (C=O) groups excluding carboxylic acids is 1. The van der Waals surface area contributed by atoms with Gasteiger partial charge in [0.25, 0.3) is 15.9 Å². The van der Waals surface area contributed by atoms with Gasteiger partial charge < -0.3 is 10.1 Å². The van der Waals surface area contributed by atoms with Crippen molar-refractivity contribution in [3.8, 4) is 5.75 Å². The number of benzene rings is 3. The molecule has 0 aliphatic carbocycles. The molecule has 9 heteroatoms. The molecule has 4 rings (SSSR count). The summed E-state index contributed by atoms with van der Waals surface area (Å²) >= 11 is 3.52. The van der Waals surface area contributed by atoms with Crippen LogP contribution in [-0.4, -0.2) is 25.9 Å². The highest BCUT2D eigenvalue weighted by molar-refractivity contribution is 9.10. The number of halogens is 1. The van der Waals surface area contributed by atoms with Crippen LogP contribution < -0.4 is 14.8 Å². The third kappa shape index (κ3) is 5.06. The fourth-order valence-corrected chi connectivity index (χ4v) is 4.62. The standard InChI is InChI=1S/C23H18BrN3O4S/c24-23-19-6-2-1-5-16(19)8-13-20(23)31-15-22(28)26-17-9-11-18(12-10-17)32(29,30)27-21-7-3-4-14-25-21/h1-14H,15H2,(H,25,27)(H,26,28). The van der Waals surface area contributed by atoms with Gasteiger partial charge in [-0.05, 0) is 69.2 Å². The van der Waals surface area contributed by atoms with Crippen LogP contribution in [0.2, 0.25) is 0 Å². The predicted molar refractivity (Wildman–Crippen MR) is 127 cm³/mol. The molecule has 0 atom stereocenters. The maximum Gasteiger partial charge on any atom is 0.263 e. The molecule has 0 aliphatic rings. The molecule has 0 aliphatic heterocycles. The lowest BCUT2D eigenvalue weighted by Crippen LogP contribution is -2.20. The summed E-state index contributed by atoms with van der Waals surface area (Å²) in [6, 6.07) is 22.3. The number of hydrogen-bond acceptors (Lipinski definition) is 5. The minimum absolute atomic E-state index is 0.0532. The summed E-state index contributed by atoms with van der Waals surface area (Å²) in [6.45, 7) is -0.196. The van der Waals surface area contributed by atoms with Crippen LogP contribution in [0.3, 0.4) is 0 Å². The van der Waals surface area contributed by atoms with E-state index in [2.05, 4.69) is 31.0 Å². The Hall–Kier alpha value is -3.43. The number of amides is 1. The maximum absolute atomic E-state index is 12.5. The van der Waals surface area contributed by atoms with E-state index in [-0.39, 0.29) is 23.2 Å². The van der Waals surface area contributed by atoms with Gasteiger partial charge in [0.1, 0.15) is 11.6 Å². The van der Waals surface area contributed by atoms with Crippen LogP contribution in [0.25, 0.3) is 10.8 Å². The van der Waals surface area contributed by atoms with Crippen molar-refractivity contribution in [3.63, 3.8) is 0 Å². The van der Waals surface area contributed by atoms with Crippen molar-refractivity contribution in [3.05, 3.63) is 89.5 Å². The first kappa shape index (κ1) is 21.8. The summed E-state index contributed by atoms with van der Waals surface area (Å²) in [5, 5.41) is 4.74. The van der Waals surface area contributed by atoms with Crippen LogP contribution in [-0.2, 0) is 14.8 Å². The monoisotopic (exact) mass is 511 g/mol. The number of carbonyl (C=O) groups is 1. The predicted octanol–water partition coefficient (Wildman–Crippen LogP) is 4.82. The normalized spacial score (nSPS) is 11.2. The molecule has 4 aromatic rings. The zero-order valence-electron chi connectivity index (χ0n) is 16.7. The van der Waals surface area contributed by atoms with E-state index in [9.17, 15) is 13.2 Å². The van der Waals surface area contributed by atoms with Crippen molar-refractivity contribution >= 4 is 54.1 Å². The van der Waals surface area contributed by atoms with Crippen LogP contribution in [0.5, 0.6) is 5.75 Å². The summed E-state index contributed by atoms with van der Waals surface area (Å²) in [5.74, 6) is 0.412. The number of rotatable bonds is 7. The second-order valence-corrected chi connectivity index (χ2v) is 9.26. The average Bonchev–Trinajstić information content (AvgIpc) is 2.79. The molecule has 2 N–H and O–H groups in total. The molecule has 0 saturated carbocycles. The van der Waals surface area contributed by atoms with Gasteiger partial charge in [-0.15, -0.1) is 0 Å². The number of hydrogen-bond donors (Lipinski definition) is 2. The summed E-state index contributed by atoms with van der Waals surface area (Å²) in [7, 11) is -3.78. The Morgan fingerprint density at radius 2 is 1.69 bits per heavy atom. The molecule has 0 bridgehead atoms. The number of pyridine rings is 1. The van der Waals surface area contributed by atoms with Gasteiger partial charge in [0.05, 0.1) is 9.37 Å². The molecule has 1 amide bonds. The summed E-state index contributed by atoms with van der Waals surface area (Å²) in [5.41, 5.74) is 0.452. The van der Waals surface area contributed by atoms with Crippen LogP contribution in [0.1, 0.15) is 0 Å². The van der Waals surface area contributed by atoms with Crippen LogP contribution >= 0.6 is 15.9 Å². The van der Waals surface area contributed by atoms with Crippen molar-refractivity contribution in [1.29, 1.82) is 0 Å². The Morgan fingerprint density at radius 1 is 0.938 bits per heavy atom. The van der Waals surface area contributed by atoms with E-state index >= 15 is 0 Å². The quantitative estimate of drug-likeness (QED) is 0.370. The minimum Gasteiger partial charge on any atom is -0.483 e. The molecule has 0 spiro atoms. The topological polar surface area (TPSA) is 97.4 Å². The molecule has 0 saturated heterocycles. The molecule has 0 radical (unpaired) electrons. The first-order chi connectivity index (χ1) is 15.4.